The Labute approximate surface area is 127 Å². The molecule has 0 aliphatic carbocycles. The second-order valence-electron chi connectivity index (χ2n) is 4.90. The summed E-state index contributed by atoms with van der Waals surface area (Å²) in [5.41, 5.74) is -0.417. The second kappa shape index (κ2) is 6.92. The molecule has 2 amide bonds. The minimum Gasteiger partial charge on any atom is -0.394 e. The van der Waals surface area contributed by atoms with Crippen LogP contribution in [0.3, 0.4) is 0 Å². The van der Waals surface area contributed by atoms with Crippen molar-refractivity contribution < 1.29 is 14.7 Å². The molecule has 1 aromatic rings. The summed E-state index contributed by atoms with van der Waals surface area (Å²) in [6, 6.07) is 4.45. The predicted octanol–water partition coefficient (Wildman–Crippen LogP) is 1.61. The molecule has 3 N–H and O–H groups in total. The molecule has 0 spiro atoms. The third-order valence-electron chi connectivity index (χ3n) is 2.46. The molecule has 110 valence electrons. The fraction of sp³-hybridized carbons (Fsp3) is 0.385. The number of nitrogens with one attached hydrogen (secondary N) is 2. The smallest absolute Gasteiger partial charge is 0.251 e. The van der Waals surface area contributed by atoms with Crippen molar-refractivity contribution in [3.05, 3.63) is 33.8 Å². The Morgan fingerprint density at radius 3 is 2.45 bits per heavy atom. The van der Waals surface area contributed by atoms with Crippen LogP contribution in [0.1, 0.15) is 24.2 Å². The van der Waals surface area contributed by atoms with Crippen molar-refractivity contribution in [3.8, 4) is 0 Å². The van der Waals surface area contributed by atoms with E-state index in [4.69, 9.17) is 28.3 Å². The van der Waals surface area contributed by atoms with E-state index in [0.717, 1.165) is 0 Å². The van der Waals surface area contributed by atoms with Gasteiger partial charge in [0.1, 0.15) is 0 Å². The Morgan fingerprint density at radius 2 is 1.90 bits per heavy atom. The molecule has 0 unspecified atom stereocenters. The van der Waals surface area contributed by atoms with Crippen LogP contribution in [0, 0.1) is 0 Å². The van der Waals surface area contributed by atoms with Crippen LogP contribution >= 0.6 is 23.2 Å². The molecule has 1 aromatic carbocycles. The number of hydrogen-bond acceptors (Lipinski definition) is 3. The summed E-state index contributed by atoms with van der Waals surface area (Å²) in [5, 5.41) is 14.7. The van der Waals surface area contributed by atoms with Crippen molar-refractivity contribution in [2.45, 2.75) is 19.4 Å². The van der Waals surface area contributed by atoms with E-state index in [1.807, 2.05) is 0 Å². The Bertz CT molecular complexity index is 518. The lowest BCUT2D eigenvalue weighted by atomic mass is 10.1. The van der Waals surface area contributed by atoms with Gasteiger partial charge in [-0.25, -0.2) is 0 Å². The molecule has 1 rings (SSSR count). The number of rotatable bonds is 5. The minimum absolute atomic E-state index is 0.192. The van der Waals surface area contributed by atoms with Crippen LogP contribution in [0.2, 0.25) is 10.0 Å². The van der Waals surface area contributed by atoms with E-state index >= 15 is 0 Å². The summed E-state index contributed by atoms with van der Waals surface area (Å²) in [7, 11) is 0. The summed E-state index contributed by atoms with van der Waals surface area (Å²) < 4.78 is 0. The van der Waals surface area contributed by atoms with Gasteiger partial charge in [-0.05, 0) is 32.0 Å². The fourth-order valence-corrected chi connectivity index (χ4v) is 1.66. The molecule has 0 bridgehead atoms. The molecule has 7 heteroatoms. The Kier molecular flexibility index (Phi) is 5.80. The predicted molar refractivity (Wildman–Crippen MR) is 78.1 cm³/mol. The van der Waals surface area contributed by atoms with Gasteiger partial charge in [0.2, 0.25) is 5.91 Å². The lowest BCUT2D eigenvalue weighted by molar-refractivity contribution is -0.122. The molecule has 0 radical (unpaired) electrons. The highest BCUT2D eigenvalue weighted by molar-refractivity contribution is 6.42. The van der Waals surface area contributed by atoms with Gasteiger partial charge in [-0.2, -0.15) is 0 Å². The molecule has 0 saturated heterocycles. The maximum Gasteiger partial charge on any atom is 0.251 e. The highest BCUT2D eigenvalue weighted by Crippen LogP contribution is 2.22. The lowest BCUT2D eigenvalue weighted by Gasteiger charge is -2.23. The molecule has 20 heavy (non-hydrogen) atoms. The lowest BCUT2D eigenvalue weighted by Crippen LogP contribution is -2.49. The SMILES string of the molecule is CC(C)(CO)NC(=O)CNC(=O)c1ccc(Cl)c(Cl)c1. The summed E-state index contributed by atoms with van der Waals surface area (Å²) in [5.74, 6) is -0.821. The van der Waals surface area contributed by atoms with Crippen molar-refractivity contribution in [2.24, 2.45) is 0 Å². The number of carbonyl (C=O) groups excluding carboxylic acids is 2. The molecule has 0 fully saturated rings. The average Bonchev–Trinajstić information content (AvgIpc) is 2.38. The number of amides is 2. The molecule has 0 atom stereocenters. The first-order valence-electron chi connectivity index (χ1n) is 5.90. The first-order valence-corrected chi connectivity index (χ1v) is 6.66. The zero-order valence-electron chi connectivity index (χ0n) is 11.2. The van der Waals surface area contributed by atoms with Gasteiger partial charge in [0.25, 0.3) is 5.91 Å². The molecule has 0 saturated carbocycles. The van der Waals surface area contributed by atoms with E-state index in [9.17, 15) is 9.59 Å². The normalized spacial score (nSPS) is 11.1. The average molecular weight is 319 g/mol. The topological polar surface area (TPSA) is 78.4 Å². The molecular weight excluding hydrogens is 303 g/mol. The van der Waals surface area contributed by atoms with Gasteiger partial charge in [0.15, 0.2) is 0 Å². The van der Waals surface area contributed by atoms with Crippen molar-refractivity contribution >= 4 is 35.0 Å². The quantitative estimate of drug-likeness (QED) is 0.771. The molecular formula is C13H16Cl2N2O3. The zero-order valence-corrected chi connectivity index (χ0v) is 12.7. The molecule has 0 aromatic heterocycles. The first kappa shape index (κ1) is 16.8. The Balaban J connectivity index is 2.55. The molecule has 0 aliphatic rings. The monoisotopic (exact) mass is 318 g/mol. The summed E-state index contributed by atoms with van der Waals surface area (Å²) in [4.78, 5) is 23.4. The van der Waals surface area contributed by atoms with E-state index in [2.05, 4.69) is 10.6 Å². The number of aliphatic hydroxyl groups excluding tert-OH is 1. The second-order valence-corrected chi connectivity index (χ2v) is 5.72. The van der Waals surface area contributed by atoms with E-state index in [1.165, 1.54) is 18.2 Å². The third kappa shape index (κ3) is 5.00. The number of hydrogen-bond donors (Lipinski definition) is 3. The van der Waals surface area contributed by atoms with Gasteiger partial charge >= 0.3 is 0 Å². The zero-order chi connectivity index (χ0) is 15.3. The van der Waals surface area contributed by atoms with Crippen LogP contribution in [0.4, 0.5) is 0 Å². The maximum absolute atomic E-state index is 11.8. The third-order valence-corrected chi connectivity index (χ3v) is 3.20. The largest absolute Gasteiger partial charge is 0.394 e. The van der Waals surface area contributed by atoms with Crippen LogP contribution < -0.4 is 10.6 Å². The van der Waals surface area contributed by atoms with Crippen LogP contribution in [-0.4, -0.2) is 35.6 Å². The number of aliphatic hydroxyl groups is 1. The maximum atomic E-state index is 11.8. The van der Waals surface area contributed by atoms with E-state index in [1.54, 1.807) is 13.8 Å². The summed E-state index contributed by atoms with van der Waals surface area (Å²) >= 11 is 11.6. The van der Waals surface area contributed by atoms with E-state index in [-0.39, 0.29) is 18.2 Å². The molecule has 0 heterocycles. The number of halogens is 2. The van der Waals surface area contributed by atoms with Gasteiger partial charge in [-0.15, -0.1) is 0 Å². The van der Waals surface area contributed by atoms with Crippen LogP contribution in [0.5, 0.6) is 0 Å². The highest BCUT2D eigenvalue weighted by atomic mass is 35.5. The Hall–Kier alpha value is -1.30. The van der Waals surface area contributed by atoms with Gasteiger partial charge < -0.3 is 15.7 Å². The molecule has 0 aliphatic heterocycles. The standard InChI is InChI=1S/C13H16Cl2N2O3/c1-13(2,7-18)17-11(19)6-16-12(20)8-3-4-9(14)10(15)5-8/h3-5,18H,6-7H2,1-2H3,(H,16,20)(H,17,19). The number of carbonyl (C=O) groups is 2. The van der Waals surface area contributed by atoms with Crippen molar-refractivity contribution in [1.29, 1.82) is 0 Å². The minimum atomic E-state index is -0.731. The first-order chi connectivity index (χ1) is 9.25. The van der Waals surface area contributed by atoms with Crippen molar-refractivity contribution in [1.82, 2.24) is 10.6 Å². The van der Waals surface area contributed by atoms with Crippen molar-refractivity contribution in [3.63, 3.8) is 0 Å². The molecule has 5 nitrogen and oxygen atoms in total. The van der Waals surface area contributed by atoms with Crippen molar-refractivity contribution in [2.75, 3.05) is 13.2 Å². The fourth-order valence-electron chi connectivity index (χ4n) is 1.36. The van der Waals surface area contributed by atoms with Crippen LogP contribution in [-0.2, 0) is 4.79 Å². The Morgan fingerprint density at radius 1 is 1.25 bits per heavy atom. The van der Waals surface area contributed by atoms with Gasteiger partial charge in [0, 0.05) is 5.56 Å². The van der Waals surface area contributed by atoms with E-state index < -0.39 is 17.4 Å². The van der Waals surface area contributed by atoms with Gasteiger partial charge in [-0.1, -0.05) is 23.2 Å². The van der Waals surface area contributed by atoms with Gasteiger partial charge in [-0.3, -0.25) is 9.59 Å². The van der Waals surface area contributed by atoms with Crippen LogP contribution in [0.25, 0.3) is 0 Å². The van der Waals surface area contributed by atoms with E-state index in [0.29, 0.717) is 10.6 Å². The number of benzene rings is 1. The van der Waals surface area contributed by atoms with Gasteiger partial charge in [0.05, 0.1) is 28.7 Å². The highest BCUT2D eigenvalue weighted by Gasteiger charge is 2.19. The van der Waals surface area contributed by atoms with Crippen LogP contribution in [0.15, 0.2) is 18.2 Å². The summed E-state index contributed by atoms with van der Waals surface area (Å²) in [6.45, 7) is 2.96. The summed E-state index contributed by atoms with van der Waals surface area (Å²) in [6.07, 6.45) is 0.